The maximum Gasteiger partial charge on any atom is 0.345 e. The Morgan fingerprint density at radius 1 is 1.50 bits per heavy atom. The molecule has 1 aliphatic heterocycles. The summed E-state index contributed by atoms with van der Waals surface area (Å²) in [6.07, 6.45) is 0.0672. The highest BCUT2D eigenvalue weighted by molar-refractivity contribution is 5.73. The summed E-state index contributed by atoms with van der Waals surface area (Å²) in [6.45, 7) is 1.90. The van der Waals surface area contributed by atoms with Crippen LogP contribution in [0.4, 0.5) is 0 Å². The van der Waals surface area contributed by atoms with Crippen molar-refractivity contribution in [3.63, 3.8) is 0 Å². The molecule has 1 heterocycles. The number of hydrogen-bond acceptors (Lipinski definition) is 2. The molecule has 2 rings (SSSR count). The quantitative estimate of drug-likeness (QED) is 0.736. The summed E-state index contributed by atoms with van der Waals surface area (Å²) in [4.78, 5) is 10.8. The molecule has 1 aliphatic rings. The van der Waals surface area contributed by atoms with Crippen LogP contribution in [-0.2, 0) is 11.2 Å². The molecule has 3 heteroatoms. The lowest BCUT2D eigenvalue weighted by Gasteiger charge is -2.28. The van der Waals surface area contributed by atoms with E-state index < -0.39 is 12.1 Å². The fourth-order valence-electron chi connectivity index (χ4n) is 1.79. The van der Waals surface area contributed by atoms with Crippen LogP contribution < -0.4 is 4.74 Å². The molecule has 1 N–H and O–H groups in total. The van der Waals surface area contributed by atoms with Gasteiger partial charge in [0, 0.05) is 5.92 Å². The SMILES string of the molecule is CC1Cc2ccccc2OC1C(=O)O. The number of fused-ring (bicyclic) bond motifs is 1. The lowest BCUT2D eigenvalue weighted by Crippen LogP contribution is -2.37. The van der Waals surface area contributed by atoms with E-state index in [0.717, 1.165) is 12.0 Å². The van der Waals surface area contributed by atoms with E-state index in [-0.39, 0.29) is 5.92 Å². The molecule has 0 saturated heterocycles. The summed E-state index contributed by atoms with van der Waals surface area (Å²) < 4.78 is 5.41. The van der Waals surface area contributed by atoms with Gasteiger partial charge in [-0.25, -0.2) is 4.79 Å². The number of carboxylic acids is 1. The number of benzene rings is 1. The summed E-state index contributed by atoms with van der Waals surface area (Å²) in [7, 11) is 0. The molecule has 74 valence electrons. The van der Waals surface area contributed by atoms with Crippen molar-refractivity contribution < 1.29 is 14.6 Å². The largest absolute Gasteiger partial charge is 0.478 e. The predicted molar refractivity (Wildman–Crippen MR) is 51.4 cm³/mol. The second-order valence-electron chi connectivity index (χ2n) is 3.67. The van der Waals surface area contributed by atoms with Crippen LogP contribution in [0.5, 0.6) is 5.75 Å². The van der Waals surface area contributed by atoms with E-state index in [1.54, 1.807) is 0 Å². The predicted octanol–water partition coefficient (Wildman–Crippen LogP) is 1.71. The van der Waals surface area contributed by atoms with Crippen LogP contribution in [-0.4, -0.2) is 17.2 Å². The van der Waals surface area contributed by atoms with Gasteiger partial charge in [-0.15, -0.1) is 0 Å². The van der Waals surface area contributed by atoms with Gasteiger partial charge in [0.05, 0.1) is 0 Å². The van der Waals surface area contributed by atoms with Gasteiger partial charge in [-0.3, -0.25) is 0 Å². The molecule has 0 amide bonds. The van der Waals surface area contributed by atoms with Crippen molar-refractivity contribution in [2.24, 2.45) is 5.92 Å². The van der Waals surface area contributed by atoms with E-state index in [0.29, 0.717) is 5.75 Å². The topological polar surface area (TPSA) is 46.5 Å². The second-order valence-corrected chi connectivity index (χ2v) is 3.67. The Hall–Kier alpha value is -1.51. The molecule has 0 bridgehead atoms. The van der Waals surface area contributed by atoms with Gasteiger partial charge in [-0.05, 0) is 18.1 Å². The molecule has 2 atom stereocenters. The minimum atomic E-state index is -0.882. The Morgan fingerprint density at radius 3 is 2.93 bits per heavy atom. The minimum absolute atomic E-state index is 0.0300. The highest BCUT2D eigenvalue weighted by Crippen LogP contribution is 2.30. The molecule has 1 aromatic carbocycles. The van der Waals surface area contributed by atoms with E-state index in [9.17, 15) is 4.79 Å². The van der Waals surface area contributed by atoms with Crippen molar-refractivity contribution in [1.82, 2.24) is 0 Å². The number of aliphatic carboxylic acids is 1. The summed E-state index contributed by atoms with van der Waals surface area (Å²) in [5.41, 5.74) is 1.09. The Labute approximate surface area is 82.3 Å². The van der Waals surface area contributed by atoms with Gasteiger partial charge in [0.1, 0.15) is 5.75 Å². The third-order valence-corrected chi connectivity index (χ3v) is 2.53. The van der Waals surface area contributed by atoms with Gasteiger partial charge in [0.2, 0.25) is 0 Å². The maximum absolute atomic E-state index is 10.8. The molecule has 0 aliphatic carbocycles. The number of hydrogen-bond donors (Lipinski definition) is 1. The fourth-order valence-corrected chi connectivity index (χ4v) is 1.79. The first-order valence-electron chi connectivity index (χ1n) is 4.66. The average Bonchev–Trinajstić information content (AvgIpc) is 2.16. The highest BCUT2D eigenvalue weighted by Gasteiger charge is 2.31. The van der Waals surface area contributed by atoms with Crippen molar-refractivity contribution >= 4 is 5.97 Å². The molecule has 2 unspecified atom stereocenters. The Bertz CT molecular complexity index is 359. The van der Waals surface area contributed by atoms with E-state index in [1.807, 2.05) is 31.2 Å². The number of rotatable bonds is 1. The fraction of sp³-hybridized carbons (Fsp3) is 0.364. The molecule has 1 aromatic rings. The highest BCUT2D eigenvalue weighted by atomic mass is 16.5. The first-order valence-corrected chi connectivity index (χ1v) is 4.66. The third kappa shape index (κ3) is 1.45. The lowest BCUT2D eigenvalue weighted by atomic mass is 9.92. The summed E-state index contributed by atoms with van der Waals surface area (Å²) in [5, 5.41) is 8.91. The van der Waals surface area contributed by atoms with Crippen LogP contribution >= 0.6 is 0 Å². The molecular weight excluding hydrogens is 180 g/mol. The van der Waals surface area contributed by atoms with Gasteiger partial charge in [-0.2, -0.15) is 0 Å². The molecule has 0 saturated carbocycles. The zero-order valence-corrected chi connectivity index (χ0v) is 7.93. The molecule has 0 fully saturated rings. The standard InChI is InChI=1S/C11H12O3/c1-7-6-8-4-2-3-5-9(8)14-10(7)11(12)13/h2-5,7,10H,6H2,1H3,(H,12,13). The van der Waals surface area contributed by atoms with E-state index >= 15 is 0 Å². The normalized spacial score (nSPS) is 24.9. The molecular formula is C11H12O3. The van der Waals surface area contributed by atoms with Crippen molar-refractivity contribution in [2.75, 3.05) is 0 Å². The van der Waals surface area contributed by atoms with Gasteiger partial charge >= 0.3 is 5.97 Å². The molecule has 14 heavy (non-hydrogen) atoms. The lowest BCUT2D eigenvalue weighted by molar-refractivity contribution is -0.148. The number of ether oxygens (including phenoxy) is 1. The van der Waals surface area contributed by atoms with Crippen molar-refractivity contribution in [1.29, 1.82) is 0 Å². The number of para-hydroxylation sites is 1. The molecule has 0 radical (unpaired) electrons. The van der Waals surface area contributed by atoms with E-state index in [1.165, 1.54) is 0 Å². The molecule has 0 aromatic heterocycles. The van der Waals surface area contributed by atoms with Crippen LogP contribution in [0, 0.1) is 5.92 Å². The Kier molecular flexibility index (Phi) is 2.15. The van der Waals surface area contributed by atoms with Crippen LogP contribution in [0.15, 0.2) is 24.3 Å². The smallest absolute Gasteiger partial charge is 0.345 e. The van der Waals surface area contributed by atoms with Crippen molar-refractivity contribution in [3.05, 3.63) is 29.8 Å². The summed E-state index contributed by atoms with van der Waals surface area (Å²) in [5.74, 6) is -0.146. The number of carboxylic acid groups (broad SMARTS) is 1. The Balaban J connectivity index is 2.31. The average molecular weight is 192 g/mol. The summed E-state index contributed by atoms with van der Waals surface area (Å²) in [6, 6.07) is 7.59. The van der Waals surface area contributed by atoms with Gasteiger partial charge in [0.25, 0.3) is 0 Å². The van der Waals surface area contributed by atoms with Gasteiger partial charge in [-0.1, -0.05) is 25.1 Å². The van der Waals surface area contributed by atoms with Gasteiger partial charge in [0.15, 0.2) is 6.10 Å². The first kappa shape index (κ1) is 9.06. The zero-order valence-electron chi connectivity index (χ0n) is 7.93. The summed E-state index contributed by atoms with van der Waals surface area (Å²) >= 11 is 0. The minimum Gasteiger partial charge on any atom is -0.478 e. The third-order valence-electron chi connectivity index (χ3n) is 2.53. The van der Waals surface area contributed by atoms with Gasteiger partial charge < -0.3 is 9.84 Å². The zero-order chi connectivity index (χ0) is 10.1. The molecule has 3 nitrogen and oxygen atoms in total. The van der Waals surface area contributed by atoms with Crippen LogP contribution in [0.2, 0.25) is 0 Å². The Morgan fingerprint density at radius 2 is 2.21 bits per heavy atom. The first-order chi connectivity index (χ1) is 6.68. The van der Waals surface area contributed by atoms with Crippen molar-refractivity contribution in [2.45, 2.75) is 19.4 Å². The van der Waals surface area contributed by atoms with Crippen molar-refractivity contribution in [3.8, 4) is 5.75 Å². The number of carbonyl (C=O) groups is 1. The van der Waals surface area contributed by atoms with Crippen LogP contribution in [0.3, 0.4) is 0 Å². The van der Waals surface area contributed by atoms with E-state index in [4.69, 9.17) is 9.84 Å². The molecule has 0 spiro atoms. The second kappa shape index (κ2) is 3.33. The van der Waals surface area contributed by atoms with Crippen LogP contribution in [0.25, 0.3) is 0 Å². The monoisotopic (exact) mass is 192 g/mol. The van der Waals surface area contributed by atoms with E-state index in [2.05, 4.69) is 0 Å². The van der Waals surface area contributed by atoms with Crippen LogP contribution in [0.1, 0.15) is 12.5 Å². The maximum atomic E-state index is 10.8.